The third-order valence-electron chi connectivity index (χ3n) is 8.88. The van der Waals surface area contributed by atoms with Crippen LogP contribution < -0.4 is 5.43 Å². The summed E-state index contributed by atoms with van der Waals surface area (Å²) in [5.74, 6) is 0. The molecule has 3 heteroatoms. The van der Waals surface area contributed by atoms with E-state index >= 15 is 0 Å². The quantitative estimate of drug-likeness (QED) is 0.187. The Morgan fingerprint density at radius 2 is 0.913 bits per heavy atom. The minimum atomic E-state index is -0.0184. The minimum absolute atomic E-state index is 0.0184. The van der Waals surface area contributed by atoms with Gasteiger partial charge in [0.15, 0.2) is 0 Å². The Morgan fingerprint density at radius 1 is 0.391 bits per heavy atom. The topological polar surface area (TPSA) is 30.2 Å². The molecule has 7 aromatic carbocycles. The van der Waals surface area contributed by atoms with Crippen molar-refractivity contribution in [2.75, 3.05) is 0 Å². The van der Waals surface area contributed by atoms with Crippen LogP contribution in [0.1, 0.15) is 0 Å². The predicted molar refractivity (Wildman–Crippen MR) is 195 cm³/mol. The van der Waals surface area contributed by atoms with Gasteiger partial charge >= 0.3 is 0 Å². The lowest BCUT2D eigenvalue weighted by molar-refractivity contribution is 0.660. The van der Waals surface area contributed by atoms with Crippen LogP contribution in [-0.4, -0.2) is 0 Å². The summed E-state index contributed by atoms with van der Waals surface area (Å²) in [5.41, 5.74) is 9.99. The van der Waals surface area contributed by atoms with E-state index in [0.29, 0.717) is 21.9 Å². The second kappa shape index (κ2) is 10.7. The van der Waals surface area contributed by atoms with Crippen molar-refractivity contribution in [3.8, 4) is 44.5 Å². The third kappa shape index (κ3) is 4.44. The third-order valence-corrected chi connectivity index (χ3v) is 10.1. The Morgan fingerprint density at radius 3 is 1.63 bits per heavy atom. The summed E-state index contributed by atoms with van der Waals surface area (Å²) in [7, 11) is 0. The molecule has 0 atom stereocenters. The number of thiophene rings is 1. The fourth-order valence-electron chi connectivity index (χ4n) is 6.57. The molecule has 0 amide bonds. The van der Waals surface area contributed by atoms with E-state index in [1.807, 2.05) is 65.9 Å². The standard InChI is InChI=1S/C43H26O2S/c44-42-37-25-31(27-9-2-1-3-10-27)19-21-39(37)45-40-22-20-32(26-38(40)42)29-12-6-11-28(23-29)30-13-7-14-33(24-30)34-16-8-17-36-35-15-4-5-18-41(35)46-43(34)36/h1-26H. The lowest BCUT2D eigenvalue weighted by atomic mass is 9.95. The maximum absolute atomic E-state index is 13.8. The molecule has 2 aromatic heterocycles. The molecule has 0 aliphatic rings. The first-order valence-electron chi connectivity index (χ1n) is 15.4. The molecule has 0 N–H and O–H groups in total. The van der Waals surface area contributed by atoms with Gasteiger partial charge in [0.05, 0.1) is 10.8 Å². The average Bonchev–Trinajstić information content (AvgIpc) is 3.51. The zero-order chi connectivity index (χ0) is 30.6. The van der Waals surface area contributed by atoms with Gasteiger partial charge in [-0.05, 0) is 87.0 Å². The predicted octanol–water partition coefficient (Wildman–Crippen LogP) is 12.0. The number of benzene rings is 7. The molecule has 9 rings (SSSR count). The van der Waals surface area contributed by atoms with Crippen LogP contribution >= 0.6 is 11.3 Å². The highest BCUT2D eigenvalue weighted by Crippen LogP contribution is 2.40. The first-order valence-corrected chi connectivity index (χ1v) is 16.2. The van der Waals surface area contributed by atoms with E-state index in [-0.39, 0.29) is 5.43 Å². The van der Waals surface area contributed by atoms with Gasteiger partial charge in [-0.2, -0.15) is 0 Å². The lowest BCUT2D eigenvalue weighted by Crippen LogP contribution is -2.02. The van der Waals surface area contributed by atoms with Gasteiger partial charge in [0.25, 0.3) is 0 Å². The molecule has 0 radical (unpaired) electrons. The van der Waals surface area contributed by atoms with Crippen molar-refractivity contribution in [2.45, 2.75) is 0 Å². The van der Waals surface area contributed by atoms with Crippen LogP contribution in [0.5, 0.6) is 0 Å². The number of hydrogen-bond donors (Lipinski definition) is 0. The maximum atomic E-state index is 13.8. The van der Waals surface area contributed by atoms with Crippen LogP contribution in [0.2, 0.25) is 0 Å². The van der Waals surface area contributed by atoms with Crippen LogP contribution in [0, 0.1) is 0 Å². The van der Waals surface area contributed by atoms with Crippen molar-refractivity contribution in [3.63, 3.8) is 0 Å². The average molecular weight is 607 g/mol. The van der Waals surface area contributed by atoms with E-state index in [4.69, 9.17) is 4.42 Å². The molecule has 0 spiro atoms. The van der Waals surface area contributed by atoms with Gasteiger partial charge in [0.1, 0.15) is 11.2 Å². The minimum Gasteiger partial charge on any atom is -0.456 e. The Kier molecular flexibility index (Phi) is 6.19. The largest absolute Gasteiger partial charge is 0.456 e. The molecule has 0 saturated heterocycles. The highest BCUT2D eigenvalue weighted by atomic mass is 32.1. The molecule has 216 valence electrons. The summed E-state index contributed by atoms with van der Waals surface area (Å²) in [6, 6.07) is 54.4. The SMILES string of the molecule is O=c1c2cc(-c3ccccc3)ccc2oc2ccc(-c3cccc(-c4cccc(-c5cccc6c5sc5ccccc56)c4)c3)cc12. The molecule has 0 aliphatic carbocycles. The van der Waals surface area contributed by atoms with Crippen molar-refractivity contribution in [2.24, 2.45) is 0 Å². The van der Waals surface area contributed by atoms with E-state index in [1.165, 1.54) is 31.3 Å². The molecule has 0 unspecified atom stereocenters. The smallest absolute Gasteiger partial charge is 0.200 e. The van der Waals surface area contributed by atoms with E-state index in [0.717, 1.165) is 33.4 Å². The van der Waals surface area contributed by atoms with Crippen molar-refractivity contribution >= 4 is 53.4 Å². The monoisotopic (exact) mass is 606 g/mol. The van der Waals surface area contributed by atoms with Crippen molar-refractivity contribution in [1.29, 1.82) is 0 Å². The van der Waals surface area contributed by atoms with Gasteiger partial charge in [-0.25, -0.2) is 0 Å². The Hall–Kier alpha value is -5.77. The summed E-state index contributed by atoms with van der Waals surface area (Å²) in [4.78, 5) is 13.8. The second-order valence-corrected chi connectivity index (χ2v) is 12.7. The van der Waals surface area contributed by atoms with Crippen LogP contribution in [-0.2, 0) is 0 Å². The summed E-state index contributed by atoms with van der Waals surface area (Å²) < 4.78 is 8.83. The van der Waals surface area contributed by atoms with Crippen molar-refractivity contribution in [3.05, 3.63) is 168 Å². The number of rotatable bonds is 4. The van der Waals surface area contributed by atoms with E-state index < -0.39 is 0 Å². The molecular weight excluding hydrogens is 581 g/mol. The fourth-order valence-corrected chi connectivity index (χ4v) is 7.80. The first kappa shape index (κ1) is 26.6. The van der Waals surface area contributed by atoms with E-state index in [1.54, 1.807) is 0 Å². The summed E-state index contributed by atoms with van der Waals surface area (Å²) in [6.07, 6.45) is 0. The number of fused-ring (bicyclic) bond motifs is 5. The van der Waals surface area contributed by atoms with Gasteiger partial charge in [-0.1, -0.05) is 115 Å². The Bertz CT molecular complexity index is 2660. The molecule has 2 nitrogen and oxygen atoms in total. The van der Waals surface area contributed by atoms with Crippen molar-refractivity contribution in [1.82, 2.24) is 0 Å². The Balaban J connectivity index is 1.11. The highest BCUT2D eigenvalue weighted by Gasteiger charge is 2.13. The molecule has 0 fully saturated rings. The van der Waals surface area contributed by atoms with Crippen LogP contribution in [0.25, 0.3) is 86.6 Å². The van der Waals surface area contributed by atoms with Crippen molar-refractivity contribution < 1.29 is 4.42 Å². The Labute approximate surface area is 269 Å². The molecule has 2 heterocycles. The summed E-state index contributed by atoms with van der Waals surface area (Å²) in [6.45, 7) is 0. The van der Waals surface area contributed by atoms with E-state index in [2.05, 4.69) is 103 Å². The molecule has 0 bridgehead atoms. The fraction of sp³-hybridized carbons (Fsp3) is 0. The summed E-state index contributed by atoms with van der Waals surface area (Å²) in [5, 5.41) is 3.78. The lowest BCUT2D eigenvalue weighted by Gasteiger charge is -2.10. The van der Waals surface area contributed by atoms with E-state index in [9.17, 15) is 4.79 Å². The molecular formula is C43H26O2S. The van der Waals surface area contributed by atoms with Gasteiger partial charge in [0, 0.05) is 20.2 Å². The summed E-state index contributed by atoms with van der Waals surface area (Å²) >= 11 is 1.85. The van der Waals surface area contributed by atoms with Crippen LogP contribution in [0.3, 0.4) is 0 Å². The maximum Gasteiger partial charge on any atom is 0.200 e. The van der Waals surface area contributed by atoms with Gasteiger partial charge < -0.3 is 4.42 Å². The second-order valence-electron chi connectivity index (χ2n) is 11.7. The molecule has 0 aliphatic heterocycles. The van der Waals surface area contributed by atoms with Crippen LogP contribution in [0.15, 0.2) is 167 Å². The van der Waals surface area contributed by atoms with Gasteiger partial charge in [-0.15, -0.1) is 11.3 Å². The van der Waals surface area contributed by atoms with Crippen LogP contribution in [0.4, 0.5) is 0 Å². The normalized spacial score (nSPS) is 11.6. The molecule has 9 aromatic rings. The zero-order valence-corrected chi connectivity index (χ0v) is 25.6. The molecule has 0 saturated carbocycles. The highest BCUT2D eigenvalue weighted by molar-refractivity contribution is 7.26. The van der Waals surface area contributed by atoms with Gasteiger partial charge in [0.2, 0.25) is 5.43 Å². The number of hydrogen-bond acceptors (Lipinski definition) is 3. The first-order chi connectivity index (χ1) is 22.7. The zero-order valence-electron chi connectivity index (χ0n) is 24.7. The molecule has 46 heavy (non-hydrogen) atoms. The van der Waals surface area contributed by atoms with Gasteiger partial charge in [-0.3, -0.25) is 4.79 Å².